The normalized spacial score (nSPS) is 25.4. The van der Waals surface area contributed by atoms with Gasteiger partial charge in [-0.05, 0) is 56.7 Å². The molecule has 1 saturated carbocycles. The van der Waals surface area contributed by atoms with E-state index in [-0.39, 0.29) is 36.2 Å². The van der Waals surface area contributed by atoms with Gasteiger partial charge in [-0.1, -0.05) is 29.6 Å². The zero-order valence-corrected chi connectivity index (χ0v) is 17.5. The van der Waals surface area contributed by atoms with E-state index in [1.165, 1.54) is 0 Å². The van der Waals surface area contributed by atoms with E-state index in [4.69, 9.17) is 28.9 Å². The van der Waals surface area contributed by atoms with E-state index in [2.05, 4.69) is 5.32 Å². The van der Waals surface area contributed by atoms with Crippen LogP contribution in [0.2, 0.25) is 10.0 Å². The number of nitrogens with zero attached hydrogens (tertiary/aromatic N) is 1. The first-order valence-corrected chi connectivity index (χ1v) is 10.0. The fraction of sp³-hybridized carbons (Fsp3) is 0.579. The topological polar surface area (TPSA) is 75.4 Å². The quantitative estimate of drug-likeness (QED) is 0.746. The highest BCUT2D eigenvalue weighted by Gasteiger charge is 2.36. The Hall–Kier alpha value is -1.01. The van der Waals surface area contributed by atoms with Crippen molar-refractivity contribution in [2.24, 2.45) is 11.7 Å². The average molecular weight is 435 g/mol. The summed E-state index contributed by atoms with van der Waals surface area (Å²) < 4.78 is 0. The molecule has 27 heavy (non-hydrogen) atoms. The molecular weight excluding hydrogens is 409 g/mol. The van der Waals surface area contributed by atoms with Gasteiger partial charge in [-0.25, -0.2) is 0 Å². The van der Waals surface area contributed by atoms with Gasteiger partial charge in [0.15, 0.2) is 0 Å². The van der Waals surface area contributed by atoms with E-state index in [1.54, 1.807) is 23.1 Å². The minimum atomic E-state index is -0.457. The van der Waals surface area contributed by atoms with Crippen LogP contribution in [0.25, 0.3) is 0 Å². The minimum absolute atomic E-state index is 0. The van der Waals surface area contributed by atoms with Crippen LogP contribution in [0.3, 0.4) is 0 Å². The van der Waals surface area contributed by atoms with Gasteiger partial charge >= 0.3 is 0 Å². The predicted molar refractivity (Wildman–Crippen MR) is 112 cm³/mol. The van der Waals surface area contributed by atoms with E-state index < -0.39 is 6.04 Å². The summed E-state index contributed by atoms with van der Waals surface area (Å²) in [5, 5.41) is 3.75. The highest BCUT2D eigenvalue weighted by molar-refractivity contribution is 6.36. The molecular formula is C19H26Cl3N3O2. The minimum Gasteiger partial charge on any atom is -0.330 e. The Bertz CT molecular complexity index is 686. The number of nitrogens with one attached hydrogen (secondary N) is 1. The van der Waals surface area contributed by atoms with Crippen LogP contribution in [0, 0.1) is 5.92 Å². The van der Waals surface area contributed by atoms with Gasteiger partial charge in [0.05, 0.1) is 10.7 Å². The van der Waals surface area contributed by atoms with Crippen molar-refractivity contribution in [2.45, 2.75) is 57.0 Å². The predicted octanol–water partition coefficient (Wildman–Crippen LogP) is 4.25. The van der Waals surface area contributed by atoms with Gasteiger partial charge in [-0.3, -0.25) is 9.59 Å². The van der Waals surface area contributed by atoms with Crippen molar-refractivity contribution in [1.29, 1.82) is 0 Å². The van der Waals surface area contributed by atoms with Gasteiger partial charge in [-0.2, -0.15) is 0 Å². The maximum Gasteiger partial charge on any atom is 0.247 e. The van der Waals surface area contributed by atoms with E-state index in [0.29, 0.717) is 35.1 Å². The molecule has 150 valence electrons. The second-order valence-electron chi connectivity index (χ2n) is 7.28. The van der Waals surface area contributed by atoms with Gasteiger partial charge < -0.3 is 16.0 Å². The molecule has 3 unspecified atom stereocenters. The lowest BCUT2D eigenvalue weighted by Gasteiger charge is -2.38. The fourth-order valence-electron chi connectivity index (χ4n) is 3.96. The van der Waals surface area contributed by atoms with Gasteiger partial charge in [0.2, 0.25) is 11.8 Å². The van der Waals surface area contributed by atoms with Crippen molar-refractivity contribution >= 4 is 53.1 Å². The first kappa shape index (κ1) is 22.3. The SMILES string of the molecule is Cl.NC1CCCC(C(=O)N2CCCCC2C(=O)Nc2ccc(Cl)cc2Cl)C1. The number of halogens is 3. The summed E-state index contributed by atoms with van der Waals surface area (Å²) in [6.45, 7) is 0.622. The fourth-order valence-corrected chi connectivity index (χ4v) is 4.42. The van der Waals surface area contributed by atoms with Crippen LogP contribution in [0.4, 0.5) is 5.69 Å². The van der Waals surface area contributed by atoms with Crippen molar-refractivity contribution < 1.29 is 9.59 Å². The molecule has 3 rings (SSSR count). The molecule has 1 saturated heterocycles. The Morgan fingerprint density at radius 1 is 1.11 bits per heavy atom. The summed E-state index contributed by atoms with van der Waals surface area (Å²) >= 11 is 12.1. The van der Waals surface area contributed by atoms with Crippen LogP contribution < -0.4 is 11.1 Å². The molecule has 2 amide bonds. The molecule has 0 aromatic heterocycles. The van der Waals surface area contributed by atoms with Crippen molar-refractivity contribution in [3.63, 3.8) is 0 Å². The Balaban J connectivity index is 0.00000261. The molecule has 1 heterocycles. The number of nitrogens with two attached hydrogens (primary N) is 1. The van der Waals surface area contributed by atoms with Gasteiger partial charge in [-0.15, -0.1) is 12.4 Å². The molecule has 8 heteroatoms. The molecule has 1 aliphatic heterocycles. The van der Waals surface area contributed by atoms with Gasteiger partial charge in [0.1, 0.15) is 6.04 Å². The zero-order valence-electron chi connectivity index (χ0n) is 15.1. The standard InChI is InChI=1S/C19H25Cl2N3O2.ClH/c20-13-7-8-16(15(21)11-13)23-18(25)17-6-1-2-9-24(17)19(26)12-4-3-5-14(22)10-12;/h7-8,11-12,14,17H,1-6,9-10,22H2,(H,23,25);1H. The number of piperidine rings is 1. The Morgan fingerprint density at radius 3 is 2.59 bits per heavy atom. The number of anilines is 1. The number of rotatable bonds is 3. The van der Waals surface area contributed by atoms with Crippen LogP contribution in [0.15, 0.2) is 18.2 Å². The van der Waals surface area contributed by atoms with E-state index >= 15 is 0 Å². The molecule has 1 aromatic carbocycles. The Kier molecular flexibility index (Phi) is 8.22. The summed E-state index contributed by atoms with van der Waals surface area (Å²) in [7, 11) is 0. The second kappa shape index (κ2) is 9.97. The van der Waals surface area contributed by atoms with Crippen molar-refractivity contribution in [2.75, 3.05) is 11.9 Å². The summed E-state index contributed by atoms with van der Waals surface area (Å²) in [6, 6.07) is 4.57. The van der Waals surface area contributed by atoms with Crippen LogP contribution in [0.1, 0.15) is 44.9 Å². The average Bonchev–Trinajstić information content (AvgIpc) is 2.63. The number of amides is 2. The van der Waals surface area contributed by atoms with Gasteiger partial charge in [0.25, 0.3) is 0 Å². The number of benzene rings is 1. The molecule has 1 aromatic rings. The highest BCUT2D eigenvalue weighted by atomic mass is 35.5. The lowest BCUT2D eigenvalue weighted by Crippen LogP contribution is -2.52. The number of hydrogen-bond donors (Lipinski definition) is 2. The highest BCUT2D eigenvalue weighted by Crippen LogP contribution is 2.30. The third-order valence-electron chi connectivity index (χ3n) is 5.34. The molecule has 2 fully saturated rings. The van der Waals surface area contributed by atoms with Crippen molar-refractivity contribution in [3.8, 4) is 0 Å². The largest absolute Gasteiger partial charge is 0.330 e. The Labute approximate surface area is 176 Å². The lowest BCUT2D eigenvalue weighted by atomic mass is 9.84. The summed E-state index contributed by atoms with van der Waals surface area (Å²) in [5.41, 5.74) is 6.56. The third kappa shape index (κ3) is 5.50. The molecule has 0 spiro atoms. The lowest BCUT2D eigenvalue weighted by molar-refractivity contribution is -0.144. The summed E-state index contributed by atoms with van der Waals surface area (Å²) in [5.74, 6) is -0.184. The molecule has 3 atom stereocenters. The third-order valence-corrected chi connectivity index (χ3v) is 5.89. The monoisotopic (exact) mass is 433 g/mol. The number of likely N-dealkylation sites (tertiary alicyclic amines) is 1. The second-order valence-corrected chi connectivity index (χ2v) is 8.12. The first-order valence-electron chi connectivity index (χ1n) is 9.27. The number of hydrogen-bond acceptors (Lipinski definition) is 3. The summed E-state index contributed by atoms with van der Waals surface area (Å²) in [6.07, 6.45) is 6.05. The first-order chi connectivity index (χ1) is 12.5. The summed E-state index contributed by atoms with van der Waals surface area (Å²) in [4.78, 5) is 27.6. The Morgan fingerprint density at radius 2 is 1.89 bits per heavy atom. The number of carbonyl (C=O) groups excluding carboxylic acids is 2. The van der Waals surface area contributed by atoms with Crippen LogP contribution >= 0.6 is 35.6 Å². The van der Waals surface area contributed by atoms with Crippen LogP contribution in [0.5, 0.6) is 0 Å². The van der Waals surface area contributed by atoms with Crippen LogP contribution in [-0.2, 0) is 9.59 Å². The van der Waals surface area contributed by atoms with Crippen LogP contribution in [-0.4, -0.2) is 35.3 Å². The van der Waals surface area contributed by atoms with E-state index in [1.807, 2.05) is 0 Å². The molecule has 3 N–H and O–H groups in total. The molecule has 5 nitrogen and oxygen atoms in total. The molecule has 2 aliphatic rings. The smallest absolute Gasteiger partial charge is 0.247 e. The van der Waals surface area contributed by atoms with Crippen molar-refractivity contribution in [3.05, 3.63) is 28.2 Å². The number of carbonyl (C=O) groups is 2. The molecule has 0 radical (unpaired) electrons. The van der Waals surface area contributed by atoms with E-state index in [9.17, 15) is 9.59 Å². The van der Waals surface area contributed by atoms with Crippen molar-refractivity contribution in [1.82, 2.24) is 4.90 Å². The molecule has 0 bridgehead atoms. The molecule has 1 aliphatic carbocycles. The van der Waals surface area contributed by atoms with E-state index in [0.717, 1.165) is 32.1 Å². The maximum absolute atomic E-state index is 13.0. The van der Waals surface area contributed by atoms with Gasteiger partial charge in [0, 0.05) is 23.5 Å². The maximum atomic E-state index is 13.0. The zero-order chi connectivity index (χ0) is 18.7.